The highest BCUT2D eigenvalue weighted by Gasteiger charge is 2.17. The van der Waals surface area contributed by atoms with Gasteiger partial charge in [-0.2, -0.15) is 5.26 Å². The predicted octanol–water partition coefficient (Wildman–Crippen LogP) is 1.17. The van der Waals surface area contributed by atoms with Gasteiger partial charge in [0.2, 0.25) is 0 Å². The summed E-state index contributed by atoms with van der Waals surface area (Å²) < 4.78 is 6.00. The molecular weight excluding hydrogens is 390 g/mol. The first-order chi connectivity index (χ1) is 14.0. The van der Waals surface area contributed by atoms with Crippen LogP contribution in [0.1, 0.15) is 0 Å². The van der Waals surface area contributed by atoms with Crippen LogP contribution in [0.5, 0.6) is 0 Å². The van der Waals surface area contributed by atoms with Crippen molar-refractivity contribution in [1.82, 2.24) is 4.57 Å². The number of amides is 1. The molecule has 1 aromatic heterocycles. The maximum absolute atomic E-state index is 12.9. The zero-order valence-corrected chi connectivity index (χ0v) is 16.1. The van der Waals surface area contributed by atoms with Crippen LogP contribution >= 0.6 is 11.3 Å². The highest BCUT2D eigenvalue weighted by Crippen LogP contribution is 2.08. The monoisotopic (exact) mass is 405 g/mol. The highest BCUT2D eigenvalue weighted by atomic mass is 32.1. The zero-order chi connectivity index (χ0) is 20.8. The van der Waals surface area contributed by atoms with Crippen LogP contribution in [0.15, 0.2) is 65.5 Å². The number of anilines is 1. The molecule has 0 saturated carbocycles. The third kappa shape index (κ3) is 4.31. The number of methoxy groups -OCH3 is 1. The van der Waals surface area contributed by atoms with Crippen molar-refractivity contribution in [2.45, 2.75) is 0 Å². The Balaban J connectivity index is 2.28. The van der Waals surface area contributed by atoms with Crippen molar-refractivity contribution < 1.29 is 14.3 Å². The molecule has 0 bridgehead atoms. The summed E-state index contributed by atoms with van der Waals surface area (Å²) in [5.74, 6) is -1.36. The number of para-hydroxylation sites is 2. The lowest BCUT2D eigenvalue weighted by Crippen LogP contribution is -2.32. The molecule has 29 heavy (non-hydrogen) atoms. The largest absolute Gasteiger partial charge is 0.466 e. The Labute approximate surface area is 169 Å². The van der Waals surface area contributed by atoms with Gasteiger partial charge in [-0.3, -0.25) is 14.2 Å². The molecule has 1 amide bonds. The lowest BCUT2D eigenvalue weighted by Gasteiger charge is -2.05. The maximum atomic E-state index is 12.9. The number of nitrogens with zero attached hydrogens (tertiary/aromatic N) is 2. The number of hydrogen-bond donors (Lipinski definition) is 1. The molecule has 2 aromatic carbocycles. The fourth-order valence-electron chi connectivity index (χ4n) is 2.54. The van der Waals surface area contributed by atoms with E-state index in [1.54, 1.807) is 60.7 Å². The molecule has 144 valence electrons. The van der Waals surface area contributed by atoms with Gasteiger partial charge in [-0.15, -0.1) is 11.3 Å². The number of benzene rings is 2. The molecule has 0 spiro atoms. The van der Waals surface area contributed by atoms with Gasteiger partial charge in [-0.25, -0.2) is 4.79 Å². The van der Waals surface area contributed by atoms with E-state index in [0.29, 0.717) is 11.4 Å². The number of nitriles is 1. The molecule has 7 nitrogen and oxygen atoms in total. The lowest BCUT2D eigenvalue weighted by molar-refractivity contribution is -0.133. The third-order valence-electron chi connectivity index (χ3n) is 3.87. The molecule has 0 aliphatic carbocycles. The van der Waals surface area contributed by atoms with Gasteiger partial charge in [-0.05, 0) is 24.3 Å². The van der Waals surface area contributed by atoms with E-state index in [9.17, 15) is 19.6 Å². The second-order valence-electron chi connectivity index (χ2n) is 5.72. The average molecular weight is 405 g/mol. The minimum atomic E-state index is -0.706. The van der Waals surface area contributed by atoms with E-state index in [2.05, 4.69) is 10.1 Å². The predicted molar refractivity (Wildman–Crippen MR) is 110 cm³/mol. The van der Waals surface area contributed by atoms with Crippen LogP contribution in [0, 0.1) is 11.3 Å². The molecule has 0 fully saturated rings. The van der Waals surface area contributed by atoms with Crippen molar-refractivity contribution in [3.8, 4) is 11.8 Å². The standard InChI is InChI=1S/C21H15N3O4S/c1-28-18(25)12-17-20(27)24(15-10-6-3-7-11-15)21(29-17)16(13-22)19(26)23-14-8-4-2-5-9-14/h2-12H,1H3,(H,23,26)/b17-12-,21-16-. The summed E-state index contributed by atoms with van der Waals surface area (Å²) in [7, 11) is 1.20. The van der Waals surface area contributed by atoms with E-state index in [0.717, 1.165) is 17.4 Å². The van der Waals surface area contributed by atoms with Gasteiger partial charge in [0.1, 0.15) is 15.3 Å². The zero-order valence-electron chi connectivity index (χ0n) is 15.3. The Kier molecular flexibility index (Phi) is 6.02. The summed E-state index contributed by atoms with van der Waals surface area (Å²) in [6.07, 6.45) is 1.04. The molecule has 0 unspecified atom stereocenters. The first-order valence-corrected chi connectivity index (χ1v) is 9.24. The van der Waals surface area contributed by atoms with E-state index in [1.807, 2.05) is 6.07 Å². The fourth-order valence-corrected chi connectivity index (χ4v) is 3.60. The lowest BCUT2D eigenvalue weighted by atomic mass is 10.2. The fraction of sp³-hybridized carbons (Fsp3) is 0.0476. The Hall–Kier alpha value is -3.96. The molecule has 0 aliphatic rings. The molecule has 0 radical (unpaired) electrons. The number of esters is 1. The van der Waals surface area contributed by atoms with E-state index < -0.39 is 17.4 Å². The summed E-state index contributed by atoms with van der Waals surface area (Å²) in [6.45, 7) is 0. The van der Waals surface area contributed by atoms with Gasteiger partial charge in [0, 0.05) is 11.8 Å². The summed E-state index contributed by atoms with van der Waals surface area (Å²) in [5, 5.41) is 12.3. The van der Waals surface area contributed by atoms with E-state index >= 15 is 0 Å². The maximum Gasteiger partial charge on any atom is 0.332 e. The van der Waals surface area contributed by atoms with E-state index in [4.69, 9.17) is 0 Å². The molecule has 8 heteroatoms. The number of carbonyl (C=O) groups is 2. The van der Waals surface area contributed by atoms with Crippen LogP contribution in [-0.2, 0) is 14.3 Å². The number of nitrogens with one attached hydrogen (secondary N) is 1. The van der Waals surface area contributed by atoms with Crippen LogP contribution in [0.3, 0.4) is 0 Å². The second-order valence-corrected chi connectivity index (χ2v) is 6.75. The molecule has 0 saturated heterocycles. The molecule has 0 atom stereocenters. The Morgan fingerprint density at radius 3 is 2.31 bits per heavy atom. The van der Waals surface area contributed by atoms with Gasteiger partial charge in [-0.1, -0.05) is 36.4 Å². The van der Waals surface area contributed by atoms with Crippen LogP contribution in [0.25, 0.3) is 17.3 Å². The quantitative estimate of drug-likeness (QED) is 0.657. The number of ether oxygens (including phenoxy) is 1. The van der Waals surface area contributed by atoms with Gasteiger partial charge >= 0.3 is 5.97 Å². The van der Waals surface area contributed by atoms with E-state index in [1.165, 1.54) is 11.7 Å². The summed E-state index contributed by atoms with van der Waals surface area (Å²) >= 11 is 0.870. The van der Waals surface area contributed by atoms with Crippen LogP contribution in [0.2, 0.25) is 0 Å². The van der Waals surface area contributed by atoms with Crippen molar-refractivity contribution in [2.75, 3.05) is 12.4 Å². The number of carbonyl (C=O) groups excluding carboxylic acids is 2. The van der Waals surface area contributed by atoms with Gasteiger partial charge in [0.15, 0.2) is 5.57 Å². The Morgan fingerprint density at radius 2 is 1.72 bits per heavy atom. The average Bonchev–Trinajstić information content (AvgIpc) is 3.05. The van der Waals surface area contributed by atoms with E-state index in [-0.39, 0.29) is 14.8 Å². The molecule has 1 heterocycles. The van der Waals surface area contributed by atoms with Crippen LogP contribution in [0.4, 0.5) is 5.69 Å². The smallest absolute Gasteiger partial charge is 0.332 e. The van der Waals surface area contributed by atoms with Crippen molar-refractivity contribution in [3.63, 3.8) is 0 Å². The van der Waals surface area contributed by atoms with Crippen LogP contribution in [-0.4, -0.2) is 23.6 Å². The van der Waals surface area contributed by atoms with Crippen LogP contribution < -0.4 is 20.1 Å². The summed E-state index contributed by atoms with van der Waals surface area (Å²) in [4.78, 5) is 37.3. The van der Waals surface area contributed by atoms with Crippen molar-refractivity contribution in [1.29, 1.82) is 5.26 Å². The Bertz CT molecular complexity index is 1270. The first kappa shape index (κ1) is 19.8. The van der Waals surface area contributed by atoms with Crippen molar-refractivity contribution >= 4 is 40.5 Å². The minimum absolute atomic E-state index is 0.0518. The third-order valence-corrected chi connectivity index (χ3v) is 4.96. The second kappa shape index (κ2) is 8.82. The first-order valence-electron chi connectivity index (χ1n) is 8.43. The normalized spacial score (nSPS) is 12.1. The highest BCUT2D eigenvalue weighted by molar-refractivity contribution is 7.07. The SMILES string of the molecule is COC(=O)/C=c1\s/c(=C(/C#N)C(=O)Nc2ccccc2)n(-c2ccccc2)c1=O. The summed E-state index contributed by atoms with van der Waals surface area (Å²) in [5.41, 5.74) is 0.205. The molecule has 1 N–H and O–H groups in total. The van der Waals surface area contributed by atoms with Gasteiger partial charge in [0.05, 0.1) is 12.8 Å². The molecule has 3 rings (SSSR count). The molecule has 3 aromatic rings. The Morgan fingerprint density at radius 1 is 1.10 bits per heavy atom. The van der Waals surface area contributed by atoms with Crippen molar-refractivity contribution in [3.05, 3.63) is 80.2 Å². The molecular formula is C21H15N3O4S. The van der Waals surface area contributed by atoms with Crippen molar-refractivity contribution in [2.24, 2.45) is 0 Å². The number of thiazole rings is 1. The number of rotatable bonds is 4. The summed E-state index contributed by atoms with van der Waals surface area (Å²) in [6, 6.07) is 19.1. The van der Waals surface area contributed by atoms with Gasteiger partial charge < -0.3 is 10.1 Å². The topological polar surface area (TPSA) is 101 Å². The minimum Gasteiger partial charge on any atom is -0.466 e. The number of aromatic nitrogens is 1. The number of hydrogen-bond acceptors (Lipinski definition) is 6. The molecule has 0 aliphatic heterocycles. The van der Waals surface area contributed by atoms with Gasteiger partial charge in [0.25, 0.3) is 11.5 Å².